The molecule has 20 rings (SSSR count). The van der Waals surface area contributed by atoms with Crippen LogP contribution in [0.2, 0.25) is 0 Å². The molecule has 8 heteroatoms. The molecule has 0 atom stereocenters. The number of hydrogen-bond donors (Lipinski definition) is 0. The highest BCUT2D eigenvalue weighted by Crippen LogP contribution is 2.39. The summed E-state index contributed by atoms with van der Waals surface area (Å²) in [5.74, 6) is 1.72. The van der Waals surface area contributed by atoms with Gasteiger partial charge < -0.3 is 0 Å². The van der Waals surface area contributed by atoms with Gasteiger partial charge in [0, 0.05) is 77.2 Å². The maximum atomic E-state index is 5.31. The molecule has 0 aliphatic heterocycles. The van der Waals surface area contributed by atoms with Crippen molar-refractivity contribution in [1.82, 2.24) is 39.9 Å². The standard InChI is InChI=1S/C55H40N4.C53H36N4/c1-36(2)48-34-50(40-15-8-4-9-16-40)57-54-47(48)31-29-43-30-32-49(56-53(43)54)46-20-12-19-45(33-46)39-23-27-42(28-24-39)52-35-51(58-55(59-52)44-17-10-5-11-18-44)41-25-21-38(22-26-41)37-13-6-3-7-14-37;1-35-32-48(39-14-7-3-8-15-39)55-52-46(35)30-28-42-29-31-47(54-51(42)52)45-19-11-18-44(33-45)38-22-26-43(27-23-38)53-56-49(40-16-9-4-10-17-40)34-50(57-53)41-24-20-37(21-25-41)36-12-5-2-6-13-36/h3-36H,1-2H3;2-34H,1H3. The molecule has 0 amide bonds. The molecule has 14 aromatic carbocycles. The summed E-state index contributed by atoms with van der Waals surface area (Å²) in [6.07, 6.45) is 0. The molecule has 0 bridgehead atoms. The van der Waals surface area contributed by atoms with Crippen LogP contribution in [0.3, 0.4) is 0 Å². The lowest BCUT2D eigenvalue weighted by Crippen LogP contribution is -1.97. The van der Waals surface area contributed by atoms with Gasteiger partial charge in [-0.25, -0.2) is 39.9 Å². The van der Waals surface area contributed by atoms with Crippen LogP contribution in [0.25, 0.3) is 201 Å². The van der Waals surface area contributed by atoms with Crippen molar-refractivity contribution in [3.63, 3.8) is 0 Å². The lowest BCUT2D eigenvalue weighted by molar-refractivity contribution is 0.875. The summed E-state index contributed by atoms with van der Waals surface area (Å²) in [5.41, 5.74) is 33.0. The zero-order valence-corrected chi connectivity index (χ0v) is 64.3. The van der Waals surface area contributed by atoms with Crippen molar-refractivity contribution in [3.8, 4) is 157 Å². The smallest absolute Gasteiger partial charge is 0.160 e. The van der Waals surface area contributed by atoms with Crippen molar-refractivity contribution in [1.29, 1.82) is 0 Å². The number of rotatable bonds is 15. The molecule has 6 aromatic heterocycles. The van der Waals surface area contributed by atoms with E-state index in [1.807, 2.05) is 60.7 Å². The molecule has 0 N–H and O–H groups in total. The van der Waals surface area contributed by atoms with E-state index >= 15 is 0 Å². The summed E-state index contributed by atoms with van der Waals surface area (Å²) >= 11 is 0. The zero-order valence-electron chi connectivity index (χ0n) is 64.3. The fourth-order valence-corrected chi connectivity index (χ4v) is 15.5. The van der Waals surface area contributed by atoms with Crippen LogP contribution in [0.1, 0.15) is 30.9 Å². The summed E-state index contributed by atoms with van der Waals surface area (Å²) in [5, 5.41) is 4.42. The molecule has 0 spiro atoms. The molecule has 8 nitrogen and oxygen atoms in total. The Bertz CT molecular complexity index is 6970. The molecule has 0 unspecified atom stereocenters. The third-order valence-electron chi connectivity index (χ3n) is 21.7. The van der Waals surface area contributed by atoms with Crippen LogP contribution in [0.5, 0.6) is 0 Å². The molecule has 0 aliphatic carbocycles. The van der Waals surface area contributed by atoms with E-state index in [4.69, 9.17) is 39.9 Å². The molecule has 0 fully saturated rings. The first kappa shape index (κ1) is 71.2. The number of benzene rings is 14. The highest BCUT2D eigenvalue weighted by Gasteiger charge is 2.19. The molecular weight excluding hydrogens is 1410 g/mol. The van der Waals surface area contributed by atoms with Crippen LogP contribution >= 0.6 is 0 Å². The van der Waals surface area contributed by atoms with Crippen LogP contribution in [0.4, 0.5) is 0 Å². The van der Waals surface area contributed by atoms with Crippen LogP contribution < -0.4 is 0 Å². The van der Waals surface area contributed by atoms with Gasteiger partial charge in [0.25, 0.3) is 0 Å². The van der Waals surface area contributed by atoms with E-state index in [1.54, 1.807) is 0 Å². The normalized spacial score (nSPS) is 11.3. The number of aryl methyl sites for hydroxylation is 1. The van der Waals surface area contributed by atoms with Gasteiger partial charge in [-0.2, -0.15) is 0 Å². The monoisotopic (exact) mass is 1480 g/mol. The molecule has 6 heterocycles. The molecule has 20 aromatic rings. The van der Waals surface area contributed by atoms with E-state index in [9.17, 15) is 0 Å². The Morgan fingerprint density at radius 1 is 0.172 bits per heavy atom. The van der Waals surface area contributed by atoms with Crippen LogP contribution in [0, 0.1) is 6.92 Å². The van der Waals surface area contributed by atoms with Gasteiger partial charge in [-0.05, 0) is 117 Å². The summed E-state index contributed by atoms with van der Waals surface area (Å²) in [7, 11) is 0. The Labute approximate surface area is 674 Å². The lowest BCUT2D eigenvalue weighted by atomic mass is 9.95. The highest BCUT2D eigenvalue weighted by molar-refractivity contribution is 6.07. The van der Waals surface area contributed by atoms with Gasteiger partial charge in [-0.15, -0.1) is 0 Å². The minimum atomic E-state index is 0.339. The zero-order chi connectivity index (χ0) is 77.8. The van der Waals surface area contributed by atoms with Crippen LogP contribution in [-0.2, 0) is 0 Å². The predicted octanol–water partition coefficient (Wildman–Crippen LogP) is 27.9. The number of aromatic nitrogens is 8. The van der Waals surface area contributed by atoms with Crippen molar-refractivity contribution in [3.05, 3.63) is 412 Å². The third kappa shape index (κ3) is 14.8. The predicted molar refractivity (Wildman–Crippen MR) is 480 cm³/mol. The summed E-state index contributed by atoms with van der Waals surface area (Å²) in [6, 6.07) is 140. The molecule has 0 aliphatic rings. The SMILES string of the molecule is CC(C)c1cc(-c2ccccc2)nc2c1ccc1ccc(-c3cccc(-c4ccc(-c5cc(-c6ccc(-c7ccccc7)cc6)nc(-c6ccccc6)n5)cc4)c3)nc12.Cc1cc(-c2ccccc2)nc2c1ccc1ccc(-c3cccc(-c4ccc(-c5nc(-c6ccccc6)cc(-c6ccc(-c7ccccc7)cc6)n5)cc4)c3)nc12. The van der Waals surface area contributed by atoms with E-state index in [2.05, 4.69) is 360 Å². The first-order valence-corrected chi connectivity index (χ1v) is 39.4. The molecular formula is C108H76N8. The second-order valence-electron chi connectivity index (χ2n) is 29.6. The Morgan fingerprint density at radius 2 is 0.431 bits per heavy atom. The molecule has 116 heavy (non-hydrogen) atoms. The third-order valence-corrected chi connectivity index (χ3v) is 21.7. The van der Waals surface area contributed by atoms with Crippen molar-refractivity contribution < 1.29 is 0 Å². The number of pyridine rings is 4. The molecule has 0 radical (unpaired) electrons. The summed E-state index contributed by atoms with van der Waals surface area (Å²) in [6.45, 7) is 6.64. The van der Waals surface area contributed by atoms with Crippen molar-refractivity contribution in [2.45, 2.75) is 26.7 Å². The van der Waals surface area contributed by atoms with Crippen molar-refractivity contribution in [2.75, 3.05) is 0 Å². The van der Waals surface area contributed by atoms with Gasteiger partial charge in [-0.1, -0.05) is 366 Å². The van der Waals surface area contributed by atoms with E-state index < -0.39 is 0 Å². The van der Waals surface area contributed by atoms with Gasteiger partial charge in [0.2, 0.25) is 0 Å². The Kier molecular flexibility index (Phi) is 19.4. The minimum Gasteiger partial charge on any atom is -0.245 e. The Morgan fingerprint density at radius 3 is 0.819 bits per heavy atom. The van der Waals surface area contributed by atoms with Gasteiger partial charge in [-0.3, -0.25) is 0 Å². The number of hydrogen-bond acceptors (Lipinski definition) is 8. The summed E-state index contributed by atoms with van der Waals surface area (Å²) < 4.78 is 0. The van der Waals surface area contributed by atoms with Gasteiger partial charge >= 0.3 is 0 Å². The Hall–Kier alpha value is -15.1. The first-order chi connectivity index (χ1) is 57.2. The molecule has 0 saturated heterocycles. The maximum Gasteiger partial charge on any atom is 0.160 e. The minimum absolute atomic E-state index is 0.339. The van der Waals surface area contributed by atoms with Crippen LogP contribution in [-0.4, -0.2) is 39.9 Å². The molecule has 548 valence electrons. The van der Waals surface area contributed by atoms with Gasteiger partial charge in [0.1, 0.15) is 0 Å². The second kappa shape index (κ2) is 31.6. The average Bonchev–Trinajstić information content (AvgIpc) is 0.759. The fraction of sp³-hybridized carbons (Fsp3) is 0.0370. The number of nitrogens with zero attached hydrogens (tertiary/aromatic N) is 8. The Balaban J connectivity index is 0.000000155. The van der Waals surface area contributed by atoms with Gasteiger partial charge in [0.15, 0.2) is 11.6 Å². The largest absolute Gasteiger partial charge is 0.245 e. The topological polar surface area (TPSA) is 103 Å². The quantitative estimate of drug-likeness (QED) is 0.0935. The van der Waals surface area contributed by atoms with Crippen molar-refractivity contribution in [2.24, 2.45) is 0 Å². The average molecular weight is 1490 g/mol. The van der Waals surface area contributed by atoms with E-state index in [0.29, 0.717) is 17.6 Å². The summed E-state index contributed by atoms with van der Waals surface area (Å²) in [4.78, 5) is 41.3. The second-order valence-corrected chi connectivity index (χ2v) is 29.6. The first-order valence-electron chi connectivity index (χ1n) is 39.4. The fourth-order valence-electron chi connectivity index (χ4n) is 15.5. The number of fused-ring (bicyclic) bond motifs is 6. The van der Waals surface area contributed by atoms with Crippen LogP contribution in [0.15, 0.2) is 400 Å². The maximum absolute atomic E-state index is 5.31. The van der Waals surface area contributed by atoms with Crippen molar-refractivity contribution >= 4 is 43.6 Å². The van der Waals surface area contributed by atoms with E-state index in [-0.39, 0.29) is 0 Å². The lowest BCUT2D eigenvalue weighted by Gasteiger charge is -2.14. The highest BCUT2D eigenvalue weighted by atomic mass is 14.9. The van der Waals surface area contributed by atoms with E-state index in [0.717, 1.165) is 167 Å². The van der Waals surface area contributed by atoms with E-state index in [1.165, 1.54) is 33.4 Å². The van der Waals surface area contributed by atoms with Gasteiger partial charge in [0.05, 0.1) is 67.6 Å². The molecule has 0 saturated carbocycles.